The van der Waals surface area contributed by atoms with Gasteiger partial charge in [-0.1, -0.05) is 19.1 Å². The number of nitrogens with zero attached hydrogens (tertiary/aromatic N) is 2. The van der Waals surface area contributed by atoms with Gasteiger partial charge in [0.1, 0.15) is 0 Å². The Balaban J connectivity index is 1.95. The van der Waals surface area contributed by atoms with E-state index < -0.39 is 11.9 Å². The van der Waals surface area contributed by atoms with Crippen molar-refractivity contribution in [3.8, 4) is 0 Å². The van der Waals surface area contributed by atoms with Crippen LogP contribution in [0.1, 0.15) is 25.3 Å². The average molecular weight is 330 g/mol. The quantitative estimate of drug-likeness (QED) is 0.809. The highest BCUT2D eigenvalue weighted by molar-refractivity contribution is 5.95. The Labute approximate surface area is 141 Å². The van der Waals surface area contributed by atoms with Crippen LogP contribution in [0.2, 0.25) is 0 Å². The molecule has 128 valence electrons. The van der Waals surface area contributed by atoms with Crippen LogP contribution < -0.4 is 4.90 Å². The first kappa shape index (κ1) is 17.7. The van der Waals surface area contributed by atoms with Crippen LogP contribution in [0.4, 0.5) is 5.69 Å². The molecule has 1 aliphatic rings. The van der Waals surface area contributed by atoms with Crippen LogP contribution in [0.3, 0.4) is 0 Å². The van der Waals surface area contributed by atoms with E-state index in [-0.39, 0.29) is 18.4 Å². The number of benzene rings is 1. The van der Waals surface area contributed by atoms with E-state index in [0.717, 1.165) is 24.2 Å². The Morgan fingerprint density at radius 1 is 1.33 bits per heavy atom. The van der Waals surface area contributed by atoms with Crippen LogP contribution in [0, 0.1) is 5.92 Å². The van der Waals surface area contributed by atoms with E-state index in [0.29, 0.717) is 6.42 Å². The van der Waals surface area contributed by atoms with E-state index in [4.69, 9.17) is 5.11 Å². The molecule has 1 aromatic carbocycles. The van der Waals surface area contributed by atoms with Crippen LogP contribution >= 0.6 is 0 Å². The van der Waals surface area contributed by atoms with Crippen molar-refractivity contribution in [3.63, 3.8) is 0 Å². The number of rotatable bonds is 6. The summed E-state index contributed by atoms with van der Waals surface area (Å²) in [5, 5.41) is 8.87. The maximum Gasteiger partial charge on any atom is 0.308 e. The van der Waals surface area contributed by atoms with E-state index >= 15 is 0 Å². The molecule has 0 radical (unpaired) electrons. The lowest BCUT2D eigenvalue weighted by atomic mass is 10.1. The maximum atomic E-state index is 12.0. The van der Waals surface area contributed by atoms with Gasteiger partial charge in [0.2, 0.25) is 11.8 Å². The lowest BCUT2D eigenvalue weighted by Crippen LogP contribution is -2.32. The summed E-state index contributed by atoms with van der Waals surface area (Å²) >= 11 is 0. The highest BCUT2D eigenvalue weighted by atomic mass is 16.4. The molecule has 1 fully saturated rings. The fourth-order valence-corrected chi connectivity index (χ4v) is 2.56. The number of carbonyl (C=O) groups excluding carboxylic acids is 2. The SMILES string of the molecule is CC(CN(C)C(=O)/C=C/c1ccc(N2CCCC2=O)cc1)C(=O)O. The number of carboxylic acids is 1. The van der Waals surface area contributed by atoms with Crippen molar-refractivity contribution in [2.45, 2.75) is 19.8 Å². The van der Waals surface area contributed by atoms with Gasteiger partial charge in [0, 0.05) is 38.3 Å². The van der Waals surface area contributed by atoms with E-state index in [1.807, 2.05) is 24.3 Å². The number of likely N-dealkylation sites (N-methyl/N-ethyl adjacent to an activating group) is 1. The van der Waals surface area contributed by atoms with Gasteiger partial charge in [-0.05, 0) is 30.2 Å². The molecule has 1 atom stereocenters. The van der Waals surface area contributed by atoms with Crippen molar-refractivity contribution in [1.82, 2.24) is 4.90 Å². The zero-order chi connectivity index (χ0) is 17.7. The second kappa shape index (κ2) is 7.77. The molecule has 0 spiro atoms. The highest BCUT2D eigenvalue weighted by Gasteiger charge is 2.21. The summed E-state index contributed by atoms with van der Waals surface area (Å²) in [6, 6.07) is 7.43. The minimum atomic E-state index is -0.925. The molecule has 1 saturated heterocycles. The van der Waals surface area contributed by atoms with E-state index in [9.17, 15) is 14.4 Å². The number of carboxylic acid groups (broad SMARTS) is 1. The number of hydrogen-bond donors (Lipinski definition) is 1. The van der Waals surface area contributed by atoms with Gasteiger partial charge in [-0.25, -0.2) is 0 Å². The molecule has 1 aromatic rings. The van der Waals surface area contributed by atoms with E-state index in [2.05, 4.69) is 0 Å². The van der Waals surface area contributed by atoms with Gasteiger partial charge >= 0.3 is 5.97 Å². The minimum absolute atomic E-state index is 0.141. The molecule has 0 aliphatic carbocycles. The third-order valence-corrected chi connectivity index (χ3v) is 4.04. The second-order valence-corrected chi connectivity index (χ2v) is 6.03. The third kappa shape index (κ3) is 4.44. The van der Waals surface area contributed by atoms with Gasteiger partial charge < -0.3 is 14.9 Å². The van der Waals surface area contributed by atoms with Crippen LogP contribution in [-0.4, -0.2) is 47.9 Å². The van der Waals surface area contributed by atoms with Crippen molar-refractivity contribution in [2.75, 3.05) is 25.0 Å². The maximum absolute atomic E-state index is 12.0. The first-order valence-corrected chi connectivity index (χ1v) is 7.95. The van der Waals surface area contributed by atoms with Gasteiger partial charge in [-0.15, -0.1) is 0 Å². The van der Waals surface area contributed by atoms with Crippen LogP contribution in [-0.2, 0) is 14.4 Å². The summed E-state index contributed by atoms with van der Waals surface area (Å²) < 4.78 is 0. The van der Waals surface area contributed by atoms with Gasteiger partial charge in [-0.3, -0.25) is 14.4 Å². The average Bonchev–Trinajstić information content (AvgIpc) is 2.98. The highest BCUT2D eigenvalue weighted by Crippen LogP contribution is 2.21. The molecular weight excluding hydrogens is 308 g/mol. The molecule has 24 heavy (non-hydrogen) atoms. The standard InChI is InChI=1S/C18H22N2O4/c1-13(18(23)24)12-19(2)16(21)10-7-14-5-8-15(9-6-14)20-11-3-4-17(20)22/h5-10,13H,3-4,11-12H2,1-2H3,(H,23,24)/b10-7+. The van der Waals surface area contributed by atoms with E-state index in [1.165, 1.54) is 11.0 Å². The van der Waals surface area contributed by atoms with Gasteiger partial charge in [-0.2, -0.15) is 0 Å². The van der Waals surface area contributed by atoms with Crippen molar-refractivity contribution in [3.05, 3.63) is 35.9 Å². The number of amides is 2. The molecule has 0 bridgehead atoms. The Kier molecular flexibility index (Phi) is 5.73. The van der Waals surface area contributed by atoms with Crippen molar-refractivity contribution in [2.24, 2.45) is 5.92 Å². The summed E-state index contributed by atoms with van der Waals surface area (Å²) in [4.78, 5) is 37.7. The van der Waals surface area contributed by atoms with E-state index in [1.54, 1.807) is 24.9 Å². The summed E-state index contributed by atoms with van der Waals surface area (Å²) in [7, 11) is 1.58. The number of anilines is 1. The smallest absolute Gasteiger partial charge is 0.308 e. The number of hydrogen-bond acceptors (Lipinski definition) is 3. The predicted molar refractivity (Wildman–Crippen MR) is 91.5 cm³/mol. The summed E-state index contributed by atoms with van der Waals surface area (Å²) in [5.41, 5.74) is 1.71. The monoisotopic (exact) mass is 330 g/mol. The van der Waals surface area contributed by atoms with Crippen LogP contribution in [0.5, 0.6) is 0 Å². The van der Waals surface area contributed by atoms with Crippen molar-refractivity contribution < 1.29 is 19.5 Å². The molecular formula is C18H22N2O4. The summed E-state index contributed by atoms with van der Waals surface area (Å²) in [5.74, 6) is -1.64. The lowest BCUT2D eigenvalue weighted by molar-refractivity contribution is -0.142. The molecule has 2 amide bonds. The Hall–Kier alpha value is -2.63. The molecule has 1 heterocycles. The minimum Gasteiger partial charge on any atom is -0.481 e. The Bertz CT molecular complexity index is 651. The predicted octanol–water partition coefficient (Wildman–Crippen LogP) is 2.01. The van der Waals surface area contributed by atoms with Gasteiger partial charge in [0.05, 0.1) is 5.92 Å². The van der Waals surface area contributed by atoms with Gasteiger partial charge in [0.25, 0.3) is 0 Å². The molecule has 2 rings (SSSR count). The fourth-order valence-electron chi connectivity index (χ4n) is 2.56. The topological polar surface area (TPSA) is 77.9 Å². The Morgan fingerprint density at radius 2 is 2.00 bits per heavy atom. The second-order valence-electron chi connectivity index (χ2n) is 6.03. The molecule has 0 saturated carbocycles. The molecule has 1 N–H and O–H groups in total. The zero-order valence-electron chi connectivity index (χ0n) is 13.9. The lowest BCUT2D eigenvalue weighted by Gasteiger charge is -2.17. The largest absolute Gasteiger partial charge is 0.481 e. The third-order valence-electron chi connectivity index (χ3n) is 4.04. The molecule has 6 heteroatoms. The molecule has 1 aliphatic heterocycles. The number of carbonyl (C=O) groups is 3. The first-order chi connectivity index (χ1) is 11.4. The molecule has 6 nitrogen and oxygen atoms in total. The molecule has 1 unspecified atom stereocenters. The van der Waals surface area contributed by atoms with Gasteiger partial charge in [0.15, 0.2) is 0 Å². The van der Waals surface area contributed by atoms with Crippen molar-refractivity contribution >= 4 is 29.5 Å². The van der Waals surface area contributed by atoms with Crippen molar-refractivity contribution in [1.29, 1.82) is 0 Å². The first-order valence-electron chi connectivity index (χ1n) is 7.95. The summed E-state index contributed by atoms with van der Waals surface area (Å²) in [6.07, 6.45) is 4.58. The normalized spacial score (nSPS) is 15.8. The summed E-state index contributed by atoms with van der Waals surface area (Å²) in [6.45, 7) is 2.47. The Morgan fingerprint density at radius 3 is 2.54 bits per heavy atom. The number of aliphatic carboxylic acids is 1. The molecule has 0 aromatic heterocycles. The van der Waals surface area contributed by atoms with Crippen LogP contribution in [0.25, 0.3) is 6.08 Å². The zero-order valence-corrected chi connectivity index (χ0v) is 13.9. The fraction of sp³-hybridized carbons (Fsp3) is 0.389. The van der Waals surface area contributed by atoms with Crippen LogP contribution in [0.15, 0.2) is 30.3 Å².